The molecule has 0 spiro atoms. The number of hydrogen-bond donors (Lipinski definition) is 2. The molecule has 1 heterocycles. The highest BCUT2D eigenvalue weighted by molar-refractivity contribution is 5.94. The maximum absolute atomic E-state index is 7.29. The van der Waals surface area contributed by atoms with E-state index in [4.69, 9.17) is 20.6 Å². The van der Waals surface area contributed by atoms with Gasteiger partial charge in [-0.3, -0.25) is 5.41 Å². The normalized spacial score (nSPS) is 23.6. The van der Waals surface area contributed by atoms with Gasteiger partial charge >= 0.3 is 0 Å². The fourth-order valence-electron chi connectivity index (χ4n) is 2.20. The van der Waals surface area contributed by atoms with Crippen molar-refractivity contribution in [2.24, 2.45) is 5.73 Å². The quantitative estimate of drug-likeness (QED) is 0.628. The first-order valence-corrected chi connectivity index (χ1v) is 6.19. The average Bonchev–Trinajstić information content (AvgIpc) is 2.39. The Bertz CT molecular complexity index is 405. The molecule has 98 valence electrons. The SMILES string of the molecule is COC1CCCC(Oc2ccc(C(=N)N)cn2)C1. The van der Waals surface area contributed by atoms with E-state index in [0.29, 0.717) is 17.5 Å². The third-order valence-corrected chi connectivity index (χ3v) is 3.25. The van der Waals surface area contributed by atoms with Crippen LogP contribution in [0.3, 0.4) is 0 Å². The highest BCUT2D eigenvalue weighted by Gasteiger charge is 2.23. The monoisotopic (exact) mass is 249 g/mol. The Morgan fingerprint density at radius 2 is 2.17 bits per heavy atom. The molecule has 3 N–H and O–H groups in total. The first kappa shape index (κ1) is 12.8. The molecule has 0 radical (unpaired) electrons. The fraction of sp³-hybridized carbons (Fsp3) is 0.538. The zero-order chi connectivity index (χ0) is 13.0. The summed E-state index contributed by atoms with van der Waals surface area (Å²) in [5.41, 5.74) is 5.98. The van der Waals surface area contributed by atoms with E-state index < -0.39 is 0 Å². The molecule has 1 saturated carbocycles. The van der Waals surface area contributed by atoms with Gasteiger partial charge in [-0.2, -0.15) is 0 Å². The molecule has 2 atom stereocenters. The van der Waals surface area contributed by atoms with Crippen LogP contribution in [0.5, 0.6) is 5.88 Å². The zero-order valence-corrected chi connectivity index (χ0v) is 10.6. The molecule has 1 aliphatic carbocycles. The molecule has 0 aromatic carbocycles. The summed E-state index contributed by atoms with van der Waals surface area (Å²) in [6.45, 7) is 0. The smallest absolute Gasteiger partial charge is 0.213 e. The van der Waals surface area contributed by atoms with Crippen molar-refractivity contribution in [3.8, 4) is 5.88 Å². The number of nitrogens with two attached hydrogens (primary N) is 1. The summed E-state index contributed by atoms with van der Waals surface area (Å²) in [7, 11) is 1.74. The van der Waals surface area contributed by atoms with Gasteiger partial charge in [-0.25, -0.2) is 4.98 Å². The molecule has 0 amide bonds. The Morgan fingerprint density at radius 3 is 2.78 bits per heavy atom. The van der Waals surface area contributed by atoms with Crippen molar-refractivity contribution in [1.82, 2.24) is 4.98 Å². The number of methoxy groups -OCH3 is 1. The summed E-state index contributed by atoms with van der Waals surface area (Å²) in [6.07, 6.45) is 6.19. The van der Waals surface area contributed by atoms with Crippen molar-refractivity contribution in [1.29, 1.82) is 5.41 Å². The van der Waals surface area contributed by atoms with E-state index in [1.807, 2.05) is 0 Å². The van der Waals surface area contributed by atoms with Gasteiger partial charge in [0, 0.05) is 31.4 Å². The lowest BCUT2D eigenvalue weighted by Gasteiger charge is -2.28. The third-order valence-electron chi connectivity index (χ3n) is 3.25. The van der Waals surface area contributed by atoms with Crippen molar-refractivity contribution in [3.63, 3.8) is 0 Å². The molecule has 5 nitrogen and oxygen atoms in total. The minimum absolute atomic E-state index is 0.0196. The van der Waals surface area contributed by atoms with E-state index in [2.05, 4.69) is 4.98 Å². The summed E-state index contributed by atoms with van der Waals surface area (Å²) in [4.78, 5) is 4.16. The van der Waals surface area contributed by atoms with Crippen molar-refractivity contribution in [2.45, 2.75) is 37.9 Å². The Balaban J connectivity index is 1.94. The van der Waals surface area contributed by atoms with Gasteiger partial charge in [-0.1, -0.05) is 0 Å². The van der Waals surface area contributed by atoms with Crippen molar-refractivity contribution in [2.75, 3.05) is 7.11 Å². The highest BCUT2D eigenvalue weighted by atomic mass is 16.5. The molecule has 2 unspecified atom stereocenters. The number of nitrogens with zero attached hydrogens (tertiary/aromatic N) is 1. The molecule has 5 heteroatoms. The number of aromatic nitrogens is 1. The van der Waals surface area contributed by atoms with Crippen molar-refractivity contribution < 1.29 is 9.47 Å². The molecule has 1 fully saturated rings. The van der Waals surface area contributed by atoms with E-state index in [-0.39, 0.29) is 11.9 Å². The predicted molar refractivity (Wildman–Crippen MR) is 68.9 cm³/mol. The average molecular weight is 249 g/mol. The summed E-state index contributed by atoms with van der Waals surface area (Å²) in [6, 6.07) is 3.51. The van der Waals surface area contributed by atoms with Crippen LogP contribution in [0.4, 0.5) is 0 Å². The van der Waals surface area contributed by atoms with Crippen LogP contribution in [0.2, 0.25) is 0 Å². The number of nitrogen functional groups attached to an aromatic ring is 1. The second-order valence-electron chi connectivity index (χ2n) is 4.56. The van der Waals surface area contributed by atoms with E-state index in [9.17, 15) is 0 Å². The largest absolute Gasteiger partial charge is 0.474 e. The number of pyridine rings is 1. The van der Waals surface area contributed by atoms with Crippen LogP contribution in [0.15, 0.2) is 18.3 Å². The van der Waals surface area contributed by atoms with Gasteiger partial charge in [-0.05, 0) is 25.3 Å². The summed E-state index contributed by atoms with van der Waals surface area (Å²) in [5.74, 6) is 0.605. The second kappa shape index (κ2) is 5.82. The van der Waals surface area contributed by atoms with Gasteiger partial charge in [0.05, 0.1) is 6.10 Å². The maximum Gasteiger partial charge on any atom is 0.213 e. The summed E-state index contributed by atoms with van der Waals surface area (Å²) >= 11 is 0. The number of amidine groups is 1. The number of nitrogens with one attached hydrogen (secondary N) is 1. The van der Waals surface area contributed by atoms with Crippen LogP contribution < -0.4 is 10.5 Å². The zero-order valence-electron chi connectivity index (χ0n) is 10.6. The second-order valence-corrected chi connectivity index (χ2v) is 4.56. The Kier molecular flexibility index (Phi) is 4.15. The molecule has 1 aliphatic rings. The number of hydrogen-bond acceptors (Lipinski definition) is 4. The Labute approximate surface area is 107 Å². The summed E-state index contributed by atoms with van der Waals surface area (Å²) < 4.78 is 11.2. The van der Waals surface area contributed by atoms with Gasteiger partial charge in [0.2, 0.25) is 5.88 Å². The summed E-state index contributed by atoms with van der Waals surface area (Å²) in [5, 5.41) is 7.29. The minimum atomic E-state index is 0.0196. The van der Waals surface area contributed by atoms with Gasteiger partial charge in [-0.15, -0.1) is 0 Å². The number of ether oxygens (including phenoxy) is 2. The molecule has 1 aromatic heterocycles. The van der Waals surface area contributed by atoms with Gasteiger partial charge in [0.25, 0.3) is 0 Å². The van der Waals surface area contributed by atoms with Crippen LogP contribution in [0, 0.1) is 5.41 Å². The van der Waals surface area contributed by atoms with Crippen molar-refractivity contribution in [3.05, 3.63) is 23.9 Å². The maximum atomic E-state index is 7.29. The molecule has 18 heavy (non-hydrogen) atoms. The third kappa shape index (κ3) is 3.20. The standard InChI is InChI=1S/C13H19N3O2/c1-17-10-3-2-4-11(7-10)18-12-6-5-9(8-16-12)13(14)15/h5-6,8,10-11H,2-4,7H2,1H3,(H3,14,15). The van der Waals surface area contributed by atoms with Gasteiger partial charge in [0.1, 0.15) is 11.9 Å². The van der Waals surface area contributed by atoms with E-state index in [1.54, 1.807) is 25.4 Å². The Morgan fingerprint density at radius 1 is 1.39 bits per heavy atom. The minimum Gasteiger partial charge on any atom is -0.474 e. The topological polar surface area (TPSA) is 81.2 Å². The Hall–Kier alpha value is -1.62. The molecule has 0 bridgehead atoms. The number of rotatable bonds is 4. The molecule has 0 aliphatic heterocycles. The van der Waals surface area contributed by atoms with E-state index in [0.717, 1.165) is 25.7 Å². The van der Waals surface area contributed by atoms with E-state index in [1.165, 1.54) is 0 Å². The van der Waals surface area contributed by atoms with Crippen LogP contribution in [0.25, 0.3) is 0 Å². The first-order valence-electron chi connectivity index (χ1n) is 6.19. The predicted octanol–water partition coefficient (Wildman–Crippen LogP) is 1.70. The van der Waals surface area contributed by atoms with Crippen molar-refractivity contribution >= 4 is 5.84 Å². The molecule has 0 saturated heterocycles. The molecule has 2 rings (SSSR count). The van der Waals surface area contributed by atoms with Crippen LogP contribution in [-0.2, 0) is 4.74 Å². The fourth-order valence-corrected chi connectivity index (χ4v) is 2.20. The van der Waals surface area contributed by atoms with Crippen LogP contribution in [-0.4, -0.2) is 30.1 Å². The molecular weight excluding hydrogens is 230 g/mol. The van der Waals surface area contributed by atoms with Crippen LogP contribution >= 0.6 is 0 Å². The first-order chi connectivity index (χ1) is 8.69. The molecular formula is C13H19N3O2. The van der Waals surface area contributed by atoms with E-state index >= 15 is 0 Å². The lowest BCUT2D eigenvalue weighted by Crippen LogP contribution is -2.29. The molecule has 1 aromatic rings. The van der Waals surface area contributed by atoms with Crippen LogP contribution in [0.1, 0.15) is 31.2 Å². The highest BCUT2D eigenvalue weighted by Crippen LogP contribution is 2.24. The lowest BCUT2D eigenvalue weighted by molar-refractivity contribution is 0.0195. The van der Waals surface area contributed by atoms with Gasteiger partial charge < -0.3 is 15.2 Å². The lowest BCUT2D eigenvalue weighted by atomic mass is 9.95. The van der Waals surface area contributed by atoms with Gasteiger partial charge in [0.15, 0.2) is 0 Å².